The molecule has 178 valence electrons. The Hall–Kier alpha value is -3.52. The number of methoxy groups -OCH3 is 1. The molecule has 1 aliphatic rings. The fourth-order valence-electron chi connectivity index (χ4n) is 3.87. The van der Waals surface area contributed by atoms with E-state index in [1.165, 1.54) is 29.1 Å². The average Bonchev–Trinajstić information content (AvgIpc) is 2.87. The molecule has 3 aromatic rings. The highest BCUT2D eigenvalue weighted by Gasteiger charge is 2.37. The van der Waals surface area contributed by atoms with E-state index < -0.39 is 16.1 Å². The second-order valence-electron chi connectivity index (χ2n) is 8.11. The predicted octanol–water partition coefficient (Wildman–Crippen LogP) is 4.09. The van der Waals surface area contributed by atoms with Crippen LogP contribution in [-0.2, 0) is 21.2 Å². The van der Waals surface area contributed by atoms with Gasteiger partial charge in [-0.1, -0.05) is 43.3 Å². The minimum absolute atomic E-state index is 0.105. The Morgan fingerprint density at radius 2 is 1.76 bits per heavy atom. The molecular formula is C26H28N2O5S. The van der Waals surface area contributed by atoms with Crippen LogP contribution in [0, 0.1) is 0 Å². The number of hydrogen-bond donors (Lipinski definition) is 1. The zero-order chi connectivity index (χ0) is 24.3. The molecule has 0 unspecified atom stereocenters. The van der Waals surface area contributed by atoms with Crippen molar-refractivity contribution in [3.05, 3.63) is 83.9 Å². The summed E-state index contributed by atoms with van der Waals surface area (Å²) in [5, 5.41) is 2.96. The zero-order valence-corrected chi connectivity index (χ0v) is 20.2. The molecule has 0 spiro atoms. The van der Waals surface area contributed by atoms with E-state index in [4.69, 9.17) is 9.47 Å². The van der Waals surface area contributed by atoms with Crippen molar-refractivity contribution in [1.82, 2.24) is 5.32 Å². The van der Waals surface area contributed by atoms with Gasteiger partial charge < -0.3 is 14.8 Å². The predicted molar refractivity (Wildman–Crippen MR) is 131 cm³/mol. The summed E-state index contributed by atoms with van der Waals surface area (Å²) in [5.41, 5.74) is 2.57. The molecule has 4 rings (SSSR count). The van der Waals surface area contributed by atoms with Gasteiger partial charge in [0.1, 0.15) is 11.5 Å². The molecule has 34 heavy (non-hydrogen) atoms. The first-order chi connectivity index (χ1) is 16.3. The van der Waals surface area contributed by atoms with Gasteiger partial charge in [-0.2, -0.15) is 0 Å². The van der Waals surface area contributed by atoms with Gasteiger partial charge in [-0.3, -0.25) is 9.10 Å². The van der Waals surface area contributed by atoms with Crippen molar-refractivity contribution in [3.63, 3.8) is 0 Å². The number of nitrogens with one attached hydrogen (secondary N) is 1. The molecule has 3 aromatic carbocycles. The summed E-state index contributed by atoms with van der Waals surface area (Å²) in [4.78, 5) is 13.2. The molecule has 0 fully saturated rings. The van der Waals surface area contributed by atoms with Crippen LogP contribution in [0.25, 0.3) is 0 Å². The van der Waals surface area contributed by atoms with Crippen LogP contribution in [0.2, 0.25) is 0 Å². The highest BCUT2D eigenvalue weighted by molar-refractivity contribution is 7.92. The molecule has 0 bridgehead atoms. The molecular weight excluding hydrogens is 452 g/mol. The van der Waals surface area contributed by atoms with Crippen LogP contribution < -0.4 is 19.1 Å². The van der Waals surface area contributed by atoms with E-state index in [2.05, 4.69) is 12.2 Å². The number of anilines is 1. The first kappa shape index (κ1) is 23.6. The summed E-state index contributed by atoms with van der Waals surface area (Å²) in [5.74, 6) is 0.516. The van der Waals surface area contributed by atoms with Crippen molar-refractivity contribution < 1.29 is 22.7 Å². The summed E-state index contributed by atoms with van der Waals surface area (Å²) < 4.78 is 39.3. The lowest BCUT2D eigenvalue weighted by atomic mass is 10.0. The maximum Gasteiger partial charge on any atom is 0.264 e. The standard InChI is InChI=1S/C26H28N2O5S/c1-4-19-9-11-20(12-10-19)18(2)27-26(29)25-17-28(23-7-5-6-8-24(23)33-25)34(30,31)22-15-13-21(32-3)14-16-22/h5-16,18,25H,4,17H2,1-3H3,(H,27,29)/t18-,25-/m1/s1. The second kappa shape index (κ2) is 9.77. The fourth-order valence-corrected chi connectivity index (χ4v) is 5.35. The molecule has 0 aliphatic carbocycles. The number of aryl methyl sites for hydroxylation is 1. The third-order valence-corrected chi connectivity index (χ3v) is 7.72. The van der Waals surface area contributed by atoms with E-state index in [0.717, 1.165) is 12.0 Å². The van der Waals surface area contributed by atoms with Gasteiger partial charge in [-0.05, 0) is 60.9 Å². The maximum atomic E-state index is 13.5. The number of carbonyl (C=O) groups is 1. The van der Waals surface area contributed by atoms with E-state index >= 15 is 0 Å². The summed E-state index contributed by atoms with van der Waals surface area (Å²) in [7, 11) is -2.42. The van der Waals surface area contributed by atoms with Crippen molar-refractivity contribution >= 4 is 21.6 Å². The highest BCUT2D eigenvalue weighted by Crippen LogP contribution is 2.37. The van der Waals surface area contributed by atoms with Gasteiger partial charge in [-0.25, -0.2) is 8.42 Å². The van der Waals surface area contributed by atoms with Crippen LogP contribution in [0.1, 0.15) is 31.0 Å². The lowest BCUT2D eigenvalue weighted by Gasteiger charge is -2.35. The van der Waals surface area contributed by atoms with Gasteiger partial charge in [0.2, 0.25) is 0 Å². The zero-order valence-electron chi connectivity index (χ0n) is 19.4. The lowest BCUT2D eigenvalue weighted by molar-refractivity contribution is -0.128. The number of hydrogen-bond acceptors (Lipinski definition) is 5. The minimum atomic E-state index is -3.94. The molecule has 0 saturated heterocycles. The first-order valence-electron chi connectivity index (χ1n) is 11.1. The smallest absolute Gasteiger partial charge is 0.264 e. The molecule has 2 atom stereocenters. The molecule has 1 heterocycles. The Kier molecular flexibility index (Phi) is 6.79. The van der Waals surface area contributed by atoms with E-state index in [0.29, 0.717) is 17.2 Å². The molecule has 0 radical (unpaired) electrons. The number of fused-ring (bicyclic) bond motifs is 1. The van der Waals surface area contributed by atoms with Crippen LogP contribution in [-0.4, -0.2) is 34.1 Å². The average molecular weight is 481 g/mol. The number of benzene rings is 3. The SMILES string of the molecule is CCc1ccc([C@@H](C)NC(=O)[C@H]2CN(S(=O)(=O)c3ccc(OC)cc3)c3ccccc3O2)cc1. The molecule has 1 aliphatic heterocycles. The number of sulfonamides is 1. The molecule has 0 saturated carbocycles. The van der Waals surface area contributed by atoms with Crippen LogP contribution >= 0.6 is 0 Å². The molecule has 1 amide bonds. The Morgan fingerprint density at radius 3 is 2.41 bits per heavy atom. The number of rotatable bonds is 7. The summed E-state index contributed by atoms with van der Waals surface area (Å²) in [6.07, 6.45) is -0.0604. The van der Waals surface area contributed by atoms with Crippen LogP contribution in [0.15, 0.2) is 77.7 Å². The van der Waals surface area contributed by atoms with Crippen LogP contribution in [0.3, 0.4) is 0 Å². The lowest BCUT2D eigenvalue weighted by Crippen LogP contribution is -2.51. The van der Waals surface area contributed by atoms with Gasteiger partial charge in [0, 0.05) is 0 Å². The van der Waals surface area contributed by atoms with Crippen molar-refractivity contribution in [3.8, 4) is 11.5 Å². The maximum absolute atomic E-state index is 13.5. The van der Waals surface area contributed by atoms with Gasteiger partial charge in [0.25, 0.3) is 15.9 Å². The number of carbonyl (C=O) groups excluding carboxylic acids is 1. The van der Waals surface area contributed by atoms with Crippen molar-refractivity contribution in [2.75, 3.05) is 18.0 Å². The monoisotopic (exact) mass is 480 g/mol. The van der Waals surface area contributed by atoms with Gasteiger partial charge >= 0.3 is 0 Å². The topological polar surface area (TPSA) is 84.9 Å². The fraction of sp³-hybridized carbons (Fsp3) is 0.269. The van der Waals surface area contributed by atoms with Gasteiger partial charge in [-0.15, -0.1) is 0 Å². The Balaban J connectivity index is 1.58. The quantitative estimate of drug-likeness (QED) is 0.551. The number of amides is 1. The first-order valence-corrected chi connectivity index (χ1v) is 12.6. The van der Waals surface area contributed by atoms with Gasteiger partial charge in [0.05, 0.1) is 30.3 Å². The van der Waals surface area contributed by atoms with Crippen LogP contribution in [0.4, 0.5) is 5.69 Å². The normalized spacial score (nSPS) is 16.2. The second-order valence-corrected chi connectivity index (χ2v) is 9.97. The largest absolute Gasteiger partial charge is 0.497 e. The molecule has 8 heteroatoms. The summed E-state index contributed by atoms with van der Waals surface area (Å²) >= 11 is 0. The number of para-hydroxylation sites is 2. The van der Waals surface area contributed by atoms with Crippen LogP contribution in [0.5, 0.6) is 11.5 Å². The van der Waals surface area contributed by atoms with E-state index in [-0.39, 0.29) is 23.4 Å². The molecule has 1 N–H and O–H groups in total. The third kappa shape index (κ3) is 4.72. The van der Waals surface area contributed by atoms with E-state index in [1.807, 2.05) is 31.2 Å². The van der Waals surface area contributed by atoms with Gasteiger partial charge in [0.15, 0.2) is 6.10 Å². The van der Waals surface area contributed by atoms with Crippen molar-refractivity contribution in [2.45, 2.75) is 37.3 Å². The third-order valence-electron chi connectivity index (χ3n) is 5.92. The minimum Gasteiger partial charge on any atom is -0.497 e. The summed E-state index contributed by atoms with van der Waals surface area (Å²) in [6.45, 7) is 3.84. The van der Waals surface area contributed by atoms with Crippen molar-refractivity contribution in [1.29, 1.82) is 0 Å². The van der Waals surface area contributed by atoms with E-state index in [1.54, 1.807) is 36.4 Å². The summed E-state index contributed by atoms with van der Waals surface area (Å²) in [6, 6.07) is 20.8. The highest BCUT2D eigenvalue weighted by atomic mass is 32.2. The Labute approximate surface area is 200 Å². The van der Waals surface area contributed by atoms with E-state index in [9.17, 15) is 13.2 Å². The molecule has 0 aromatic heterocycles. The number of nitrogens with zero attached hydrogens (tertiary/aromatic N) is 1. The Morgan fingerprint density at radius 1 is 1.09 bits per heavy atom. The Bertz CT molecular complexity index is 1260. The molecule has 7 nitrogen and oxygen atoms in total. The number of ether oxygens (including phenoxy) is 2. The van der Waals surface area contributed by atoms with Crippen molar-refractivity contribution in [2.24, 2.45) is 0 Å².